The van der Waals surface area contributed by atoms with Crippen molar-refractivity contribution in [3.63, 3.8) is 0 Å². The molecule has 2 N–H and O–H groups in total. The molecule has 4 aromatic heterocycles. The SMILES string of the molecule is C=C/C=C(\c1nc(-c2n[nH]c3cnc(-c4cncc(CN5CCC(F)(F)C5)c4)cc23)[nH]c1C)N1CCCCC1.CC. The predicted molar refractivity (Wildman–Crippen MR) is 159 cm³/mol. The van der Waals surface area contributed by atoms with Gasteiger partial charge in [-0.3, -0.25) is 20.0 Å². The topological polar surface area (TPSA) is 89.6 Å². The highest BCUT2D eigenvalue weighted by Gasteiger charge is 2.38. The van der Waals surface area contributed by atoms with E-state index in [0.717, 1.165) is 57.9 Å². The molecule has 0 aromatic carbocycles. The van der Waals surface area contributed by atoms with E-state index in [9.17, 15) is 8.78 Å². The molecule has 6 heterocycles. The van der Waals surface area contributed by atoms with Crippen LogP contribution in [0.5, 0.6) is 0 Å². The number of imidazole rings is 1. The van der Waals surface area contributed by atoms with Gasteiger partial charge in [0.25, 0.3) is 5.92 Å². The van der Waals surface area contributed by atoms with Crippen LogP contribution < -0.4 is 0 Å². The molecule has 0 atom stereocenters. The molecule has 0 radical (unpaired) electrons. The molecule has 41 heavy (non-hydrogen) atoms. The zero-order valence-corrected chi connectivity index (χ0v) is 24.1. The minimum atomic E-state index is -2.62. The molecular formula is C31H38F2N8. The smallest absolute Gasteiger partial charge is 0.261 e. The molecule has 6 rings (SSSR count). The van der Waals surface area contributed by atoms with Crippen molar-refractivity contribution >= 4 is 16.6 Å². The molecule has 0 aliphatic carbocycles. The standard InChI is InChI=1S/C29H32F2N8.C2H6/c1-3-7-25(39-9-5-4-6-10-39)26-19(2)34-28(35-26)27-22-13-23(33-16-24(22)36-37-27)21-12-20(14-32-15-21)17-38-11-8-29(30,31)18-38;1-2/h3,7,12-16H,1,4-6,8-11,17-18H2,2H3,(H,34,35)(H,36,37);1-2H3/b25-7+;. The lowest BCUT2D eigenvalue weighted by Crippen LogP contribution is -2.28. The third-order valence-electron chi connectivity index (χ3n) is 7.52. The zero-order valence-electron chi connectivity index (χ0n) is 24.1. The molecule has 2 aliphatic heterocycles. The van der Waals surface area contributed by atoms with E-state index < -0.39 is 5.92 Å². The first kappa shape index (κ1) is 28.6. The van der Waals surface area contributed by atoms with Gasteiger partial charge >= 0.3 is 0 Å². The van der Waals surface area contributed by atoms with Gasteiger partial charge in [-0.15, -0.1) is 0 Å². The Balaban J connectivity index is 0.00000165. The number of alkyl halides is 2. The molecule has 2 aliphatic rings. The maximum atomic E-state index is 13.6. The third-order valence-corrected chi connectivity index (χ3v) is 7.52. The number of rotatable bonds is 7. The number of allylic oxidation sites excluding steroid dienone is 2. The number of hydrogen-bond acceptors (Lipinski definition) is 6. The number of aryl methyl sites for hydroxylation is 1. The van der Waals surface area contributed by atoms with Crippen molar-refractivity contribution in [2.24, 2.45) is 0 Å². The Hall–Kier alpha value is -3.92. The van der Waals surface area contributed by atoms with Gasteiger partial charge in [-0.2, -0.15) is 5.10 Å². The lowest BCUT2D eigenvalue weighted by atomic mass is 10.1. The van der Waals surface area contributed by atoms with Crippen molar-refractivity contribution in [1.82, 2.24) is 39.9 Å². The molecule has 0 amide bonds. The summed E-state index contributed by atoms with van der Waals surface area (Å²) in [6.07, 6.45) is 12.6. The van der Waals surface area contributed by atoms with Gasteiger partial charge in [0.1, 0.15) is 11.4 Å². The summed E-state index contributed by atoms with van der Waals surface area (Å²) in [5, 5.41) is 8.53. The lowest BCUT2D eigenvalue weighted by molar-refractivity contribution is 0.0115. The summed E-state index contributed by atoms with van der Waals surface area (Å²) < 4.78 is 27.3. The van der Waals surface area contributed by atoms with Crippen LogP contribution in [0.2, 0.25) is 0 Å². The fourth-order valence-electron chi connectivity index (χ4n) is 5.57. The van der Waals surface area contributed by atoms with Gasteiger partial charge in [-0.05, 0) is 50.0 Å². The van der Waals surface area contributed by atoms with Crippen LogP contribution in [0, 0.1) is 6.92 Å². The number of aromatic nitrogens is 6. The number of hydrogen-bond donors (Lipinski definition) is 2. The number of halogens is 2. The van der Waals surface area contributed by atoms with E-state index in [-0.39, 0.29) is 13.0 Å². The van der Waals surface area contributed by atoms with Crippen LogP contribution in [0.3, 0.4) is 0 Å². The van der Waals surface area contributed by atoms with Crippen molar-refractivity contribution in [3.05, 3.63) is 66.4 Å². The quantitative estimate of drug-likeness (QED) is 0.248. The Morgan fingerprint density at radius 3 is 2.63 bits per heavy atom. The Morgan fingerprint density at radius 1 is 1.10 bits per heavy atom. The molecule has 2 fully saturated rings. The van der Waals surface area contributed by atoms with E-state index in [2.05, 4.69) is 36.6 Å². The molecule has 0 saturated carbocycles. The van der Waals surface area contributed by atoms with Gasteiger partial charge in [0.2, 0.25) is 0 Å². The summed E-state index contributed by atoms with van der Waals surface area (Å²) in [6.45, 7) is 12.6. The van der Waals surface area contributed by atoms with Crippen LogP contribution in [-0.4, -0.2) is 72.0 Å². The van der Waals surface area contributed by atoms with Crippen LogP contribution in [0.25, 0.3) is 39.4 Å². The van der Waals surface area contributed by atoms with E-state index in [1.165, 1.54) is 19.3 Å². The second-order valence-corrected chi connectivity index (χ2v) is 10.5. The lowest BCUT2D eigenvalue weighted by Gasteiger charge is -2.30. The fraction of sp³-hybridized carbons (Fsp3) is 0.419. The fourth-order valence-corrected chi connectivity index (χ4v) is 5.57. The van der Waals surface area contributed by atoms with Crippen molar-refractivity contribution in [2.45, 2.75) is 58.9 Å². The van der Waals surface area contributed by atoms with Crippen molar-refractivity contribution in [3.8, 4) is 22.8 Å². The summed E-state index contributed by atoms with van der Waals surface area (Å²) in [7, 11) is 0. The maximum Gasteiger partial charge on any atom is 0.261 e. The molecule has 8 nitrogen and oxygen atoms in total. The Labute approximate surface area is 239 Å². The van der Waals surface area contributed by atoms with Crippen LogP contribution in [0.15, 0.2) is 49.5 Å². The minimum Gasteiger partial charge on any atom is -0.370 e. The molecule has 10 heteroatoms. The monoisotopic (exact) mass is 560 g/mol. The van der Waals surface area contributed by atoms with Crippen molar-refractivity contribution in [1.29, 1.82) is 0 Å². The number of nitrogens with one attached hydrogen (secondary N) is 2. The second-order valence-electron chi connectivity index (χ2n) is 10.5. The molecular weight excluding hydrogens is 522 g/mol. The summed E-state index contributed by atoms with van der Waals surface area (Å²) in [5.74, 6) is -1.94. The number of pyridine rings is 2. The first-order valence-corrected chi connectivity index (χ1v) is 14.4. The Morgan fingerprint density at radius 2 is 1.90 bits per heavy atom. The second kappa shape index (κ2) is 12.3. The Bertz CT molecular complexity index is 1530. The number of nitrogens with zero attached hydrogens (tertiary/aromatic N) is 6. The zero-order chi connectivity index (χ0) is 29.0. The maximum absolute atomic E-state index is 13.6. The highest BCUT2D eigenvalue weighted by atomic mass is 19.3. The molecule has 216 valence electrons. The summed E-state index contributed by atoms with van der Waals surface area (Å²) in [5.41, 5.74) is 6.89. The van der Waals surface area contributed by atoms with Crippen LogP contribution >= 0.6 is 0 Å². The average molecular weight is 561 g/mol. The summed E-state index contributed by atoms with van der Waals surface area (Å²) in [4.78, 5) is 21.6. The average Bonchev–Trinajstić information content (AvgIpc) is 3.68. The molecule has 2 saturated heterocycles. The number of piperidine rings is 1. The van der Waals surface area contributed by atoms with E-state index in [4.69, 9.17) is 4.98 Å². The van der Waals surface area contributed by atoms with E-state index in [1.807, 2.05) is 45.1 Å². The van der Waals surface area contributed by atoms with Crippen LogP contribution in [-0.2, 0) is 6.54 Å². The third kappa shape index (κ3) is 6.22. The summed E-state index contributed by atoms with van der Waals surface area (Å²) >= 11 is 0. The van der Waals surface area contributed by atoms with Crippen LogP contribution in [0.4, 0.5) is 8.78 Å². The van der Waals surface area contributed by atoms with E-state index in [0.29, 0.717) is 24.6 Å². The van der Waals surface area contributed by atoms with E-state index in [1.54, 1.807) is 23.5 Å². The van der Waals surface area contributed by atoms with Gasteiger partial charge in [0, 0.05) is 61.6 Å². The number of fused-ring (bicyclic) bond motifs is 1. The van der Waals surface area contributed by atoms with Gasteiger partial charge < -0.3 is 9.88 Å². The first-order valence-electron chi connectivity index (χ1n) is 14.4. The van der Waals surface area contributed by atoms with Gasteiger partial charge in [0.05, 0.1) is 29.6 Å². The normalized spacial score (nSPS) is 17.5. The summed E-state index contributed by atoms with van der Waals surface area (Å²) in [6, 6.07) is 3.94. The van der Waals surface area contributed by atoms with Gasteiger partial charge in [-0.1, -0.05) is 26.5 Å². The predicted octanol–water partition coefficient (Wildman–Crippen LogP) is 6.60. The number of H-pyrrole nitrogens is 2. The van der Waals surface area contributed by atoms with Crippen molar-refractivity contribution in [2.75, 3.05) is 26.2 Å². The first-order chi connectivity index (χ1) is 19.9. The molecule has 4 aromatic rings. The van der Waals surface area contributed by atoms with E-state index >= 15 is 0 Å². The molecule has 0 spiro atoms. The largest absolute Gasteiger partial charge is 0.370 e. The number of likely N-dealkylation sites (tertiary alicyclic amines) is 2. The van der Waals surface area contributed by atoms with Gasteiger partial charge in [-0.25, -0.2) is 13.8 Å². The Kier molecular flexibility index (Phi) is 8.58. The minimum absolute atomic E-state index is 0.0987. The van der Waals surface area contributed by atoms with Gasteiger partial charge in [0.15, 0.2) is 5.82 Å². The van der Waals surface area contributed by atoms with Crippen molar-refractivity contribution < 1.29 is 8.78 Å². The molecule has 0 bridgehead atoms. The number of aromatic amines is 2. The molecule has 0 unspecified atom stereocenters. The highest BCUT2D eigenvalue weighted by Crippen LogP contribution is 2.32. The van der Waals surface area contributed by atoms with Crippen LogP contribution in [0.1, 0.15) is 56.5 Å². The highest BCUT2D eigenvalue weighted by molar-refractivity contribution is 5.93.